The van der Waals surface area contributed by atoms with Gasteiger partial charge in [0.1, 0.15) is 18.1 Å². The molecule has 1 aliphatic rings. The van der Waals surface area contributed by atoms with E-state index in [2.05, 4.69) is 21.2 Å². The fourth-order valence-corrected chi connectivity index (χ4v) is 3.40. The number of nitrogens with zero attached hydrogens (tertiary/aromatic N) is 1. The standard InChI is InChI=1S/C20H18BrFN2O3S/c1-3-26-17-10-12(9-16-19(25)24(2)20(28)23-16)8-14(21)18(17)27-11-13-6-4-5-7-15(13)22/h4-10H,3,11H2,1-2H3,(H,23,28). The second kappa shape index (κ2) is 8.70. The fraction of sp³-hybridized carbons (Fsp3) is 0.200. The lowest BCUT2D eigenvalue weighted by atomic mass is 10.1. The van der Waals surface area contributed by atoms with Crippen molar-refractivity contribution in [3.63, 3.8) is 0 Å². The second-order valence-corrected chi connectivity index (χ2v) is 7.24. The number of halogens is 2. The van der Waals surface area contributed by atoms with Gasteiger partial charge in [-0.1, -0.05) is 18.2 Å². The van der Waals surface area contributed by atoms with Crippen molar-refractivity contribution in [3.05, 3.63) is 63.5 Å². The second-order valence-electron chi connectivity index (χ2n) is 6.00. The Morgan fingerprint density at radius 2 is 2.04 bits per heavy atom. The molecule has 0 aliphatic carbocycles. The van der Waals surface area contributed by atoms with E-state index in [1.54, 1.807) is 43.5 Å². The summed E-state index contributed by atoms with van der Waals surface area (Å²) in [5, 5.41) is 3.23. The number of likely N-dealkylation sites (N-methyl/N-ethyl adjacent to an activating group) is 1. The molecule has 0 aromatic heterocycles. The smallest absolute Gasteiger partial charge is 0.276 e. The van der Waals surface area contributed by atoms with Crippen LogP contribution in [-0.4, -0.2) is 29.6 Å². The van der Waals surface area contributed by atoms with Crippen LogP contribution in [0.3, 0.4) is 0 Å². The van der Waals surface area contributed by atoms with Crippen molar-refractivity contribution in [1.29, 1.82) is 0 Å². The number of carbonyl (C=O) groups is 1. The molecule has 0 bridgehead atoms. The van der Waals surface area contributed by atoms with Gasteiger partial charge in [0.25, 0.3) is 5.91 Å². The minimum Gasteiger partial charge on any atom is -0.490 e. The minimum absolute atomic E-state index is 0.0604. The number of thiocarbonyl (C=S) groups is 1. The van der Waals surface area contributed by atoms with Crippen LogP contribution < -0.4 is 14.8 Å². The van der Waals surface area contributed by atoms with Gasteiger partial charge in [-0.2, -0.15) is 0 Å². The molecule has 0 saturated carbocycles. The SMILES string of the molecule is CCOc1cc(C=C2NC(=S)N(C)C2=O)cc(Br)c1OCc1ccccc1F. The Kier molecular flexibility index (Phi) is 6.31. The molecular weight excluding hydrogens is 447 g/mol. The Balaban J connectivity index is 1.89. The number of hydrogen-bond acceptors (Lipinski definition) is 4. The maximum absolute atomic E-state index is 13.8. The van der Waals surface area contributed by atoms with E-state index in [0.717, 1.165) is 5.56 Å². The van der Waals surface area contributed by atoms with Gasteiger partial charge in [0.2, 0.25) is 0 Å². The molecular formula is C20H18BrFN2O3S. The van der Waals surface area contributed by atoms with Crippen molar-refractivity contribution in [1.82, 2.24) is 10.2 Å². The first-order valence-electron chi connectivity index (χ1n) is 8.54. The summed E-state index contributed by atoms with van der Waals surface area (Å²) in [6.45, 7) is 2.34. The van der Waals surface area contributed by atoms with Crippen LogP contribution in [-0.2, 0) is 11.4 Å². The number of amides is 1. The van der Waals surface area contributed by atoms with E-state index in [0.29, 0.717) is 39.0 Å². The third-order valence-corrected chi connectivity index (χ3v) is 5.02. The predicted molar refractivity (Wildman–Crippen MR) is 113 cm³/mol. The maximum Gasteiger partial charge on any atom is 0.276 e. The van der Waals surface area contributed by atoms with Gasteiger partial charge in [-0.05, 0) is 64.9 Å². The normalized spacial score (nSPS) is 15.1. The van der Waals surface area contributed by atoms with Crippen molar-refractivity contribution < 1.29 is 18.7 Å². The number of rotatable bonds is 6. The molecule has 0 unspecified atom stereocenters. The summed E-state index contributed by atoms with van der Waals surface area (Å²) in [5.41, 5.74) is 1.55. The summed E-state index contributed by atoms with van der Waals surface area (Å²) in [4.78, 5) is 13.5. The topological polar surface area (TPSA) is 50.8 Å². The fourth-order valence-electron chi connectivity index (χ4n) is 2.63. The van der Waals surface area contributed by atoms with Gasteiger partial charge in [0.05, 0.1) is 11.1 Å². The largest absolute Gasteiger partial charge is 0.490 e. The first kappa shape index (κ1) is 20.3. The van der Waals surface area contributed by atoms with Crippen LogP contribution in [0.2, 0.25) is 0 Å². The highest BCUT2D eigenvalue weighted by Gasteiger charge is 2.27. The Labute approximate surface area is 176 Å². The highest BCUT2D eigenvalue weighted by molar-refractivity contribution is 9.10. The molecule has 2 aromatic rings. The van der Waals surface area contributed by atoms with Crippen LogP contribution in [0, 0.1) is 5.82 Å². The summed E-state index contributed by atoms with van der Waals surface area (Å²) < 4.78 is 26.0. The molecule has 2 aromatic carbocycles. The molecule has 8 heteroatoms. The monoisotopic (exact) mass is 464 g/mol. The van der Waals surface area contributed by atoms with E-state index in [1.165, 1.54) is 11.0 Å². The Bertz CT molecular complexity index is 964. The highest BCUT2D eigenvalue weighted by Crippen LogP contribution is 2.38. The number of benzene rings is 2. The van der Waals surface area contributed by atoms with E-state index in [1.807, 2.05) is 6.92 Å². The minimum atomic E-state index is -0.330. The zero-order valence-corrected chi connectivity index (χ0v) is 17.7. The molecule has 1 amide bonds. The lowest BCUT2D eigenvalue weighted by Crippen LogP contribution is -2.25. The van der Waals surface area contributed by atoms with Gasteiger partial charge >= 0.3 is 0 Å². The molecule has 1 saturated heterocycles. The lowest BCUT2D eigenvalue weighted by molar-refractivity contribution is -0.121. The lowest BCUT2D eigenvalue weighted by Gasteiger charge is -2.15. The number of hydrogen-bond donors (Lipinski definition) is 1. The quantitative estimate of drug-likeness (QED) is 0.511. The summed E-state index contributed by atoms with van der Waals surface area (Å²) in [5.74, 6) is 0.412. The number of carbonyl (C=O) groups excluding carboxylic acids is 1. The number of nitrogens with one attached hydrogen (secondary N) is 1. The predicted octanol–water partition coefficient (Wildman–Crippen LogP) is 4.25. The summed E-state index contributed by atoms with van der Waals surface area (Å²) in [6, 6.07) is 9.99. The Morgan fingerprint density at radius 1 is 1.29 bits per heavy atom. The van der Waals surface area contributed by atoms with Gasteiger partial charge in [-0.15, -0.1) is 0 Å². The van der Waals surface area contributed by atoms with Crippen LogP contribution in [0.25, 0.3) is 6.08 Å². The zero-order chi connectivity index (χ0) is 20.3. The van der Waals surface area contributed by atoms with Crippen LogP contribution in [0.5, 0.6) is 11.5 Å². The third kappa shape index (κ3) is 4.34. The van der Waals surface area contributed by atoms with Crippen LogP contribution in [0.4, 0.5) is 4.39 Å². The molecule has 1 heterocycles. The van der Waals surface area contributed by atoms with Gasteiger partial charge in [0, 0.05) is 12.6 Å². The van der Waals surface area contributed by atoms with Crippen molar-refractivity contribution in [2.24, 2.45) is 0 Å². The van der Waals surface area contributed by atoms with Gasteiger partial charge < -0.3 is 14.8 Å². The van der Waals surface area contributed by atoms with E-state index in [-0.39, 0.29) is 18.3 Å². The average Bonchev–Trinajstić information content (AvgIpc) is 2.89. The Hall–Kier alpha value is -2.45. The van der Waals surface area contributed by atoms with E-state index in [4.69, 9.17) is 21.7 Å². The van der Waals surface area contributed by atoms with Gasteiger partial charge in [0.15, 0.2) is 16.6 Å². The number of ether oxygens (including phenoxy) is 2. The molecule has 3 rings (SSSR count). The molecule has 28 heavy (non-hydrogen) atoms. The summed E-state index contributed by atoms with van der Waals surface area (Å²) in [7, 11) is 1.61. The first-order valence-corrected chi connectivity index (χ1v) is 9.74. The van der Waals surface area contributed by atoms with Crippen LogP contribution in [0.15, 0.2) is 46.6 Å². The highest BCUT2D eigenvalue weighted by atomic mass is 79.9. The third-order valence-electron chi connectivity index (χ3n) is 4.05. The van der Waals surface area contributed by atoms with E-state index < -0.39 is 0 Å². The summed E-state index contributed by atoms with van der Waals surface area (Å²) >= 11 is 8.56. The van der Waals surface area contributed by atoms with Gasteiger partial charge in [-0.25, -0.2) is 4.39 Å². The van der Waals surface area contributed by atoms with E-state index >= 15 is 0 Å². The summed E-state index contributed by atoms with van der Waals surface area (Å²) in [6.07, 6.45) is 1.69. The molecule has 146 valence electrons. The molecule has 0 radical (unpaired) electrons. The van der Waals surface area contributed by atoms with Gasteiger partial charge in [-0.3, -0.25) is 9.69 Å². The average molecular weight is 465 g/mol. The molecule has 5 nitrogen and oxygen atoms in total. The van der Waals surface area contributed by atoms with Crippen LogP contribution >= 0.6 is 28.1 Å². The van der Waals surface area contributed by atoms with Crippen molar-refractivity contribution >= 4 is 45.2 Å². The first-order chi connectivity index (χ1) is 13.4. The van der Waals surface area contributed by atoms with Crippen molar-refractivity contribution in [2.45, 2.75) is 13.5 Å². The molecule has 1 N–H and O–H groups in total. The molecule has 0 spiro atoms. The van der Waals surface area contributed by atoms with Crippen molar-refractivity contribution in [3.8, 4) is 11.5 Å². The molecule has 0 atom stereocenters. The van der Waals surface area contributed by atoms with Crippen molar-refractivity contribution in [2.75, 3.05) is 13.7 Å². The van der Waals surface area contributed by atoms with Crippen LogP contribution in [0.1, 0.15) is 18.1 Å². The molecule has 1 fully saturated rings. The van der Waals surface area contributed by atoms with E-state index in [9.17, 15) is 9.18 Å². The zero-order valence-electron chi connectivity index (χ0n) is 15.3. The maximum atomic E-state index is 13.8. The molecule has 1 aliphatic heterocycles. The Morgan fingerprint density at radius 3 is 2.68 bits per heavy atom.